The molecule has 4 saturated heterocycles. The largest absolute Gasteiger partial charge is 1.00 e. The van der Waals surface area contributed by atoms with Crippen LogP contribution in [0, 0.1) is 11.6 Å². The Balaban J connectivity index is 0.000000944. The van der Waals surface area contributed by atoms with Gasteiger partial charge in [-0.1, -0.05) is 13.5 Å². The molecule has 1 N–H and O–H groups in total. The van der Waals surface area contributed by atoms with Crippen molar-refractivity contribution < 1.29 is 100 Å². The van der Waals surface area contributed by atoms with Crippen LogP contribution in [0.5, 0.6) is 0 Å². The van der Waals surface area contributed by atoms with Gasteiger partial charge in [-0.15, -0.1) is 0 Å². The van der Waals surface area contributed by atoms with E-state index in [1.165, 1.54) is 19.1 Å². The standard InChI is InChI=1S/C20H30FN3O3.C11H12FNO2.C9H18N2O2.C4H6O4.C2H3BO2.CH4.Na/c1-20(2,3)27-19(25)24-8-6-22(7-9-24)15-16-4-5-17(14-18(16)21)23-10-12-26-13-11-23;12-11-7-10(2-1-9(11)8-14)13-3-5-15-6-4-13;1-9(2,3)13-8(12)11-6-4-10-5-7-11;1-3(5)7-8-4(2)6;1-2(4)5-3;;/h4-5,14H,6-13,15H2,1-3H3;1-2,7-8H,3-6H2;10H,4-7H2,1-3H3;1-2H3;1H3;1H4;/q;;;;-1;;+1. The molecule has 19 nitrogen and oxygen atoms in total. The van der Waals surface area contributed by atoms with E-state index in [1.54, 1.807) is 21.9 Å². The van der Waals surface area contributed by atoms with Crippen LogP contribution >= 0.6 is 0 Å². The van der Waals surface area contributed by atoms with Crippen LogP contribution in [0.4, 0.5) is 29.7 Å². The van der Waals surface area contributed by atoms with Gasteiger partial charge in [-0.2, -0.15) is 0 Å². The van der Waals surface area contributed by atoms with E-state index in [1.807, 2.05) is 58.6 Å². The number of nitrogens with one attached hydrogen (secondary N) is 1. The van der Waals surface area contributed by atoms with Crippen LogP contribution < -0.4 is 44.7 Å². The average Bonchev–Trinajstić information content (AvgIpc) is 3.30. The fourth-order valence-corrected chi connectivity index (χ4v) is 6.26. The molecule has 4 aliphatic heterocycles. The van der Waals surface area contributed by atoms with Gasteiger partial charge in [0.05, 0.1) is 32.0 Å². The molecular weight excluding hydrogens is 928 g/mol. The van der Waals surface area contributed by atoms with Crippen molar-refractivity contribution in [2.75, 3.05) is 115 Å². The van der Waals surface area contributed by atoms with Crippen molar-refractivity contribution >= 4 is 55.8 Å². The van der Waals surface area contributed by atoms with Crippen LogP contribution in [0.2, 0.25) is 0 Å². The molecule has 0 aromatic heterocycles. The number of rotatable bonds is 5. The fraction of sp³-hybridized carbons (Fsp3) is 0.617. The number of ether oxygens (including phenoxy) is 4. The van der Waals surface area contributed by atoms with Crippen molar-refractivity contribution in [1.29, 1.82) is 0 Å². The summed E-state index contributed by atoms with van der Waals surface area (Å²) in [4.78, 5) is 80.7. The summed E-state index contributed by atoms with van der Waals surface area (Å²) in [6, 6.07) is 10.2. The van der Waals surface area contributed by atoms with Crippen LogP contribution in [0.1, 0.15) is 85.7 Å². The molecule has 0 atom stereocenters. The zero-order valence-electron chi connectivity index (χ0n) is 41.9. The van der Waals surface area contributed by atoms with Crippen molar-refractivity contribution in [2.24, 2.45) is 0 Å². The number of amides is 2. The van der Waals surface area contributed by atoms with Gasteiger partial charge in [0.1, 0.15) is 22.8 Å². The zero-order valence-corrected chi connectivity index (χ0v) is 43.9. The summed E-state index contributed by atoms with van der Waals surface area (Å²) in [6.07, 6.45) is 0.0514. The first kappa shape index (κ1) is 65.4. The summed E-state index contributed by atoms with van der Waals surface area (Å²) in [5, 5.41) is 3.18. The quantitative estimate of drug-likeness (QED) is 0.198. The molecule has 0 saturated carbocycles. The second-order valence-corrected chi connectivity index (χ2v) is 17.5. The number of nitrogens with zero attached hydrogens (tertiary/aromatic N) is 5. The van der Waals surface area contributed by atoms with Gasteiger partial charge in [0.25, 0.3) is 0 Å². The zero-order chi connectivity index (χ0) is 50.9. The Morgan fingerprint density at radius 2 is 1.04 bits per heavy atom. The Kier molecular flexibility index (Phi) is 31.7. The summed E-state index contributed by atoms with van der Waals surface area (Å²) in [6.45, 7) is 27.0. The predicted molar refractivity (Wildman–Crippen MR) is 256 cm³/mol. The second-order valence-electron chi connectivity index (χ2n) is 17.5. The van der Waals surface area contributed by atoms with E-state index in [-0.39, 0.29) is 66.2 Å². The number of halogens is 2. The summed E-state index contributed by atoms with van der Waals surface area (Å²) < 4.78 is 52.7. The maximum atomic E-state index is 14.6. The molecule has 23 heteroatoms. The Morgan fingerprint density at radius 1 is 0.643 bits per heavy atom. The Morgan fingerprint density at radius 3 is 1.40 bits per heavy atom. The number of carbonyl (C=O) groups excluding carboxylic acids is 6. The van der Waals surface area contributed by atoms with E-state index in [0.29, 0.717) is 71.0 Å². The van der Waals surface area contributed by atoms with Gasteiger partial charge in [0.15, 0.2) is 6.29 Å². The first-order chi connectivity index (χ1) is 32.0. The Bertz CT molecular complexity index is 1890. The third-order valence-corrected chi connectivity index (χ3v) is 9.53. The third-order valence-electron chi connectivity index (χ3n) is 9.53. The minimum absolute atomic E-state index is 0. The number of morpholine rings is 2. The van der Waals surface area contributed by atoms with Crippen molar-refractivity contribution in [3.8, 4) is 0 Å². The molecule has 0 unspecified atom stereocenters. The molecule has 2 aromatic carbocycles. The van der Waals surface area contributed by atoms with Crippen molar-refractivity contribution in [3.63, 3.8) is 0 Å². The van der Waals surface area contributed by atoms with Crippen molar-refractivity contribution in [2.45, 2.75) is 87.5 Å². The van der Waals surface area contributed by atoms with Gasteiger partial charge in [-0.05, 0) is 71.9 Å². The monoisotopic (exact) mass is 1000 g/mol. The minimum Gasteiger partial charge on any atom is -0.793 e. The molecule has 2 aromatic rings. The number of hydrogen-bond donors (Lipinski definition) is 1. The number of piperazine rings is 2. The first-order valence-corrected chi connectivity index (χ1v) is 22.3. The molecule has 3 radical (unpaired) electrons. The molecule has 2 amide bonds. The Hall–Kier alpha value is -4.58. The average molecular weight is 1000 g/mol. The molecule has 0 aliphatic carbocycles. The van der Waals surface area contributed by atoms with Crippen LogP contribution in [-0.4, -0.2) is 175 Å². The number of carbonyl (C=O) groups is 6. The molecule has 0 spiro atoms. The van der Waals surface area contributed by atoms with Crippen LogP contribution in [0.15, 0.2) is 36.4 Å². The van der Waals surface area contributed by atoms with Gasteiger partial charge in [0, 0.05) is 123 Å². The van der Waals surface area contributed by atoms with E-state index in [2.05, 4.69) is 37.6 Å². The summed E-state index contributed by atoms with van der Waals surface area (Å²) >= 11 is 0. The summed E-state index contributed by atoms with van der Waals surface area (Å²) in [5.41, 5.74) is 1.64. The Labute approximate surface area is 435 Å². The van der Waals surface area contributed by atoms with Crippen LogP contribution in [0.3, 0.4) is 0 Å². The smallest absolute Gasteiger partial charge is 0.793 e. The van der Waals surface area contributed by atoms with Gasteiger partial charge < -0.3 is 56.6 Å². The van der Waals surface area contributed by atoms with Gasteiger partial charge in [0.2, 0.25) is 5.97 Å². The van der Waals surface area contributed by atoms with E-state index in [0.717, 1.165) is 77.6 Å². The first-order valence-electron chi connectivity index (χ1n) is 22.3. The molecule has 387 valence electrons. The molecule has 4 fully saturated rings. The summed E-state index contributed by atoms with van der Waals surface area (Å²) in [7, 11) is 4.32. The fourth-order valence-electron chi connectivity index (χ4n) is 6.26. The molecule has 0 bridgehead atoms. The third kappa shape index (κ3) is 27.7. The SMILES string of the molecule is C.CC(=O)OOC(C)=O.CC(C)(C)OC(=O)N1CCN(Cc2ccc(N3CCOCC3)cc2F)CC1.CC(C)(C)OC(=O)N1CCNCC1.O=Cc1ccc(N2CCOCC2)cc1F.[B-]OC(C)=O.[Na+]. The molecule has 4 aliphatic rings. The van der Waals surface area contributed by atoms with Crippen molar-refractivity contribution in [1.82, 2.24) is 20.0 Å². The maximum Gasteiger partial charge on any atom is 1.00 e. The minimum atomic E-state index is -0.639. The van der Waals surface area contributed by atoms with E-state index < -0.39 is 29.3 Å². The van der Waals surface area contributed by atoms with E-state index in [9.17, 15) is 37.5 Å². The molecule has 6 rings (SSSR count). The summed E-state index contributed by atoms with van der Waals surface area (Å²) in [5.74, 6) is -2.38. The molecule has 70 heavy (non-hydrogen) atoms. The van der Waals surface area contributed by atoms with E-state index >= 15 is 0 Å². The van der Waals surface area contributed by atoms with Gasteiger partial charge >= 0.3 is 53.7 Å². The number of benzene rings is 2. The normalized spacial score (nSPS) is 15.8. The maximum absolute atomic E-state index is 14.6. The molecular formula is C47H73BF2N6NaO13. The second kappa shape index (κ2) is 33.9. The van der Waals surface area contributed by atoms with Gasteiger partial charge in [-0.25, -0.2) is 37.7 Å². The van der Waals surface area contributed by atoms with E-state index in [4.69, 9.17) is 18.9 Å². The van der Waals surface area contributed by atoms with Crippen LogP contribution in [0.25, 0.3) is 0 Å². The molecule has 4 heterocycles. The topological polar surface area (TPSA) is 195 Å². The number of hydrogen-bond acceptors (Lipinski definition) is 17. The predicted octanol–water partition coefficient (Wildman–Crippen LogP) is 2.32. The van der Waals surface area contributed by atoms with Crippen LogP contribution in [-0.2, 0) is 54.3 Å². The number of aldehydes is 1. The van der Waals surface area contributed by atoms with Crippen molar-refractivity contribution in [3.05, 3.63) is 59.2 Å². The number of anilines is 2. The van der Waals surface area contributed by atoms with Gasteiger partial charge in [-0.3, -0.25) is 14.5 Å².